The van der Waals surface area contributed by atoms with Crippen LogP contribution in [0.4, 0.5) is 4.39 Å². The average molecular weight is 254 g/mol. The maximum Gasteiger partial charge on any atom is 0.220 e. The maximum atomic E-state index is 12.9. The van der Waals surface area contributed by atoms with E-state index in [4.69, 9.17) is 5.11 Å². The lowest BCUT2D eigenvalue weighted by Gasteiger charge is -2.15. The van der Waals surface area contributed by atoms with Crippen LogP contribution in [0.3, 0.4) is 0 Å². The van der Waals surface area contributed by atoms with Crippen LogP contribution in [0.5, 0.6) is 0 Å². The van der Waals surface area contributed by atoms with Gasteiger partial charge in [0.2, 0.25) is 5.91 Å². The molecule has 0 aromatic carbocycles. The summed E-state index contributed by atoms with van der Waals surface area (Å²) in [5.74, 6) is -0.473. The van der Waals surface area contributed by atoms with E-state index in [0.29, 0.717) is 24.8 Å². The number of hydrogen-bond acceptors (Lipinski definition) is 3. The van der Waals surface area contributed by atoms with Gasteiger partial charge in [0, 0.05) is 25.3 Å². The molecule has 1 heterocycles. The quantitative estimate of drug-likeness (QED) is 0.773. The maximum absolute atomic E-state index is 12.9. The molecule has 1 aromatic heterocycles. The van der Waals surface area contributed by atoms with Gasteiger partial charge in [0.1, 0.15) is 5.82 Å². The zero-order valence-corrected chi connectivity index (χ0v) is 10.5. The van der Waals surface area contributed by atoms with Crippen molar-refractivity contribution >= 4 is 5.91 Å². The molecule has 2 N–H and O–H groups in total. The van der Waals surface area contributed by atoms with Crippen molar-refractivity contribution in [3.63, 3.8) is 0 Å². The van der Waals surface area contributed by atoms with Crippen LogP contribution in [0.1, 0.15) is 31.7 Å². The number of nitrogens with zero attached hydrogens (tertiary/aromatic N) is 1. The highest BCUT2D eigenvalue weighted by Gasteiger charge is 2.09. The van der Waals surface area contributed by atoms with Gasteiger partial charge in [0.25, 0.3) is 0 Å². The molecule has 100 valence electrons. The third-order valence-electron chi connectivity index (χ3n) is 2.74. The zero-order chi connectivity index (χ0) is 13.4. The SMILES string of the molecule is CCC(CCO)NC(=O)CCc1cncc(F)c1. The Balaban J connectivity index is 2.36. The highest BCUT2D eigenvalue weighted by Crippen LogP contribution is 2.05. The van der Waals surface area contributed by atoms with Crippen LogP contribution < -0.4 is 5.32 Å². The zero-order valence-electron chi connectivity index (χ0n) is 10.5. The third-order valence-corrected chi connectivity index (χ3v) is 2.74. The Morgan fingerprint density at radius 2 is 2.33 bits per heavy atom. The fourth-order valence-electron chi connectivity index (χ4n) is 1.68. The number of carbonyl (C=O) groups excluding carboxylic acids is 1. The normalized spacial score (nSPS) is 12.2. The van der Waals surface area contributed by atoms with Crippen molar-refractivity contribution < 1.29 is 14.3 Å². The van der Waals surface area contributed by atoms with Crippen molar-refractivity contribution in [2.75, 3.05) is 6.61 Å². The van der Waals surface area contributed by atoms with Gasteiger partial charge in [-0.3, -0.25) is 9.78 Å². The van der Waals surface area contributed by atoms with Gasteiger partial charge in [0.15, 0.2) is 0 Å². The molecule has 1 amide bonds. The fraction of sp³-hybridized carbons (Fsp3) is 0.538. The Bertz CT molecular complexity index is 385. The van der Waals surface area contributed by atoms with Crippen molar-refractivity contribution in [2.24, 2.45) is 0 Å². The average Bonchev–Trinajstić information content (AvgIpc) is 2.36. The molecule has 5 heteroatoms. The molecule has 1 rings (SSSR count). The number of aliphatic hydroxyl groups excluding tert-OH is 1. The summed E-state index contributed by atoms with van der Waals surface area (Å²) < 4.78 is 12.9. The van der Waals surface area contributed by atoms with Gasteiger partial charge in [-0.25, -0.2) is 4.39 Å². The molecule has 0 saturated carbocycles. The van der Waals surface area contributed by atoms with Crippen LogP contribution in [0, 0.1) is 5.82 Å². The highest BCUT2D eigenvalue weighted by atomic mass is 19.1. The summed E-state index contributed by atoms with van der Waals surface area (Å²) in [4.78, 5) is 15.4. The Kier molecular flexibility index (Phi) is 6.28. The Labute approximate surface area is 106 Å². The lowest BCUT2D eigenvalue weighted by molar-refractivity contribution is -0.121. The number of halogens is 1. The minimum atomic E-state index is -0.389. The number of carbonyl (C=O) groups is 1. The number of aryl methyl sites for hydroxylation is 1. The molecule has 0 radical (unpaired) electrons. The van der Waals surface area contributed by atoms with Crippen LogP contribution in [0.15, 0.2) is 18.5 Å². The van der Waals surface area contributed by atoms with E-state index in [1.165, 1.54) is 6.07 Å². The molecule has 0 aliphatic carbocycles. The smallest absolute Gasteiger partial charge is 0.220 e. The van der Waals surface area contributed by atoms with E-state index in [0.717, 1.165) is 12.6 Å². The van der Waals surface area contributed by atoms with Crippen molar-refractivity contribution in [3.8, 4) is 0 Å². The van der Waals surface area contributed by atoms with Gasteiger partial charge in [-0.05, 0) is 30.9 Å². The molecule has 1 atom stereocenters. The summed E-state index contributed by atoms with van der Waals surface area (Å²) in [6.07, 6.45) is 4.80. The number of pyridine rings is 1. The summed E-state index contributed by atoms with van der Waals surface area (Å²) in [5, 5.41) is 11.7. The third kappa shape index (κ3) is 5.23. The largest absolute Gasteiger partial charge is 0.396 e. The summed E-state index contributed by atoms with van der Waals surface area (Å²) in [6.45, 7) is 2.02. The van der Waals surface area contributed by atoms with Gasteiger partial charge in [-0.15, -0.1) is 0 Å². The van der Waals surface area contributed by atoms with Gasteiger partial charge < -0.3 is 10.4 Å². The van der Waals surface area contributed by atoms with Crippen molar-refractivity contribution in [2.45, 2.75) is 38.6 Å². The fourth-order valence-corrected chi connectivity index (χ4v) is 1.68. The summed E-state index contributed by atoms with van der Waals surface area (Å²) >= 11 is 0. The van der Waals surface area contributed by atoms with Crippen LogP contribution in [-0.4, -0.2) is 28.6 Å². The van der Waals surface area contributed by atoms with E-state index in [-0.39, 0.29) is 24.4 Å². The molecule has 18 heavy (non-hydrogen) atoms. The van der Waals surface area contributed by atoms with E-state index in [1.807, 2.05) is 6.92 Å². The second-order valence-electron chi connectivity index (χ2n) is 4.20. The van der Waals surface area contributed by atoms with E-state index in [9.17, 15) is 9.18 Å². The van der Waals surface area contributed by atoms with E-state index in [2.05, 4.69) is 10.3 Å². The molecule has 0 saturated heterocycles. The first-order valence-electron chi connectivity index (χ1n) is 6.15. The molecule has 0 bridgehead atoms. The molecule has 0 aliphatic heterocycles. The minimum Gasteiger partial charge on any atom is -0.396 e. The highest BCUT2D eigenvalue weighted by molar-refractivity contribution is 5.76. The summed E-state index contributed by atoms with van der Waals surface area (Å²) in [7, 11) is 0. The second kappa shape index (κ2) is 7.76. The predicted molar refractivity (Wildman–Crippen MR) is 66.4 cm³/mol. The molecule has 4 nitrogen and oxygen atoms in total. The lowest BCUT2D eigenvalue weighted by Crippen LogP contribution is -2.35. The number of nitrogens with one attached hydrogen (secondary N) is 1. The van der Waals surface area contributed by atoms with Crippen molar-refractivity contribution in [1.29, 1.82) is 0 Å². The van der Waals surface area contributed by atoms with Crippen LogP contribution >= 0.6 is 0 Å². The first kappa shape index (κ1) is 14.6. The van der Waals surface area contributed by atoms with Crippen LogP contribution in [0.25, 0.3) is 0 Å². The molecular weight excluding hydrogens is 235 g/mol. The number of aromatic nitrogens is 1. The van der Waals surface area contributed by atoms with E-state index in [1.54, 1.807) is 6.20 Å². The molecule has 1 aromatic rings. The van der Waals surface area contributed by atoms with Gasteiger partial charge in [-0.2, -0.15) is 0 Å². The second-order valence-corrected chi connectivity index (χ2v) is 4.20. The molecular formula is C13H19FN2O2. The molecule has 0 fully saturated rings. The first-order chi connectivity index (χ1) is 8.65. The molecule has 0 spiro atoms. The number of aliphatic hydroxyl groups is 1. The molecule has 0 aliphatic rings. The van der Waals surface area contributed by atoms with Gasteiger partial charge in [-0.1, -0.05) is 6.92 Å². The Morgan fingerprint density at radius 3 is 2.94 bits per heavy atom. The van der Waals surface area contributed by atoms with Crippen molar-refractivity contribution in [1.82, 2.24) is 10.3 Å². The van der Waals surface area contributed by atoms with Gasteiger partial charge in [0.05, 0.1) is 6.20 Å². The number of amides is 1. The summed E-state index contributed by atoms with van der Waals surface area (Å²) in [6, 6.07) is 1.39. The van der Waals surface area contributed by atoms with Crippen molar-refractivity contribution in [3.05, 3.63) is 29.8 Å². The van der Waals surface area contributed by atoms with Gasteiger partial charge >= 0.3 is 0 Å². The predicted octanol–water partition coefficient (Wildman–Crippen LogP) is 1.43. The topological polar surface area (TPSA) is 62.2 Å². The number of rotatable bonds is 7. The van der Waals surface area contributed by atoms with Crippen LogP contribution in [-0.2, 0) is 11.2 Å². The lowest BCUT2D eigenvalue weighted by atomic mass is 10.1. The molecule has 1 unspecified atom stereocenters. The standard InChI is InChI=1S/C13H19FN2O2/c1-2-12(5-6-17)16-13(18)4-3-10-7-11(14)9-15-8-10/h7-9,12,17H,2-6H2,1H3,(H,16,18). The van der Waals surface area contributed by atoms with E-state index < -0.39 is 0 Å². The minimum absolute atomic E-state index is 0.00753. The Morgan fingerprint density at radius 1 is 1.56 bits per heavy atom. The number of hydrogen-bond donors (Lipinski definition) is 2. The Hall–Kier alpha value is -1.49. The monoisotopic (exact) mass is 254 g/mol. The van der Waals surface area contributed by atoms with Crippen LogP contribution in [0.2, 0.25) is 0 Å². The van der Waals surface area contributed by atoms with E-state index >= 15 is 0 Å². The summed E-state index contributed by atoms with van der Waals surface area (Å²) in [5.41, 5.74) is 0.709. The first-order valence-corrected chi connectivity index (χ1v) is 6.15.